The van der Waals surface area contributed by atoms with Crippen LogP contribution in [0.4, 0.5) is 0 Å². The Hall–Kier alpha value is -2.41. The van der Waals surface area contributed by atoms with E-state index in [4.69, 9.17) is 10.5 Å². The normalized spacial score (nSPS) is 20.1. The summed E-state index contributed by atoms with van der Waals surface area (Å²) < 4.78 is 3.86. The molecule has 27 heavy (non-hydrogen) atoms. The largest absolute Gasteiger partial charge is 0.471 e. The van der Waals surface area contributed by atoms with Crippen LogP contribution in [-0.2, 0) is 14.3 Å². The molecule has 0 saturated carbocycles. The van der Waals surface area contributed by atoms with Crippen molar-refractivity contribution in [1.82, 2.24) is 10.2 Å². The standard InChI is InChI=1S/C18H27N3O2.C2H4O2/c1-12-10-14(20-16(22)13-8-6-5-7-9-13)11-21(12)17(23)15(19)18(2,3)4;1-4-2-3/h5-9,12,14-15H,10-11,19H2,1-4H3,(H,20,22);2H,1H3. The number of benzene rings is 1. The molecule has 0 aromatic heterocycles. The van der Waals surface area contributed by atoms with Crippen LogP contribution in [0, 0.1) is 5.41 Å². The minimum Gasteiger partial charge on any atom is -0.471 e. The van der Waals surface area contributed by atoms with Crippen molar-refractivity contribution in [2.75, 3.05) is 13.7 Å². The van der Waals surface area contributed by atoms with Crippen molar-refractivity contribution in [3.8, 4) is 0 Å². The minimum absolute atomic E-state index is 0.0335. The molecule has 150 valence electrons. The Morgan fingerprint density at radius 2 is 1.85 bits per heavy atom. The Kier molecular flexibility index (Phi) is 8.43. The lowest BCUT2D eigenvalue weighted by Crippen LogP contribution is -2.52. The molecule has 1 fully saturated rings. The SMILES string of the molecule is CC1CC(NC(=O)c2ccccc2)CN1C(=O)C(N)C(C)(C)C.COC=O. The smallest absolute Gasteiger partial charge is 0.292 e. The first kappa shape index (κ1) is 22.6. The molecule has 2 rings (SSSR count). The molecule has 0 aliphatic carbocycles. The van der Waals surface area contributed by atoms with Gasteiger partial charge >= 0.3 is 0 Å². The lowest BCUT2D eigenvalue weighted by Gasteiger charge is -2.32. The molecule has 1 aliphatic heterocycles. The van der Waals surface area contributed by atoms with Gasteiger partial charge in [0.25, 0.3) is 12.4 Å². The highest BCUT2D eigenvalue weighted by Crippen LogP contribution is 2.24. The zero-order chi connectivity index (χ0) is 20.6. The minimum atomic E-state index is -0.534. The van der Waals surface area contributed by atoms with Crippen LogP contribution in [0.25, 0.3) is 0 Å². The lowest BCUT2D eigenvalue weighted by atomic mass is 9.86. The number of rotatable bonds is 4. The quantitative estimate of drug-likeness (QED) is 0.776. The van der Waals surface area contributed by atoms with Gasteiger partial charge in [-0.3, -0.25) is 14.4 Å². The Morgan fingerprint density at radius 1 is 1.30 bits per heavy atom. The molecule has 1 heterocycles. The van der Waals surface area contributed by atoms with Crippen LogP contribution in [-0.4, -0.2) is 55.0 Å². The predicted octanol–water partition coefficient (Wildman–Crippen LogP) is 1.57. The lowest BCUT2D eigenvalue weighted by molar-refractivity contribution is -0.135. The van der Waals surface area contributed by atoms with E-state index >= 15 is 0 Å². The summed E-state index contributed by atoms with van der Waals surface area (Å²) in [4.78, 5) is 35.6. The second-order valence-corrected chi connectivity index (χ2v) is 7.79. The Bertz CT molecular complexity index is 628. The third-order valence-electron chi connectivity index (χ3n) is 4.52. The van der Waals surface area contributed by atoms with Gasteiger partial charge in [-0.05, 0) is 30.9 Å². The summed E-state index contributed by atoms with van der Waals surface area (Å²) in [6.07, 6.45) is 0.751. The summed E-state index contributed by atoms with van der Waals surface area (Å²) in [5, 5.41) is 3.01. The molecule has 3 atom stereocenters. The zero-order valence-electron chi connectivity index (χ0n) is 16.8. The van der Waals surface area contributed by atoms with E-state index in [-0.39, 0.29) is 29.3 Å². The number of amides is 2. The second-order valence-electron chi connectivity index (χ2n) is 7.79. The van der Waals surface area contributed by atoms with Crippen LogP contribution in [0.15, 0.2) is 30.3 Å². The van der Waals surface area contributed by atoms with Gasteiger partial charge in [0.05, 0.1) is 13.2 Å². The first-order valence-electron chi connectivity index (χ1n) is 9.00. The van der Waals surface area contributed by atoms with Crippen LogP contribution in [0.1, 0.15) is 44.5 Å². The molecule has 3 N–H and O–H groups in total. The average Bonchev–Trinajstić information content (AvgIpc) is 3.00. The maximum Gasteiger partial charge on any atom is 0.292 e. The highest BCUT2D eigenvalue weighted by Gasteiger charge is 2.38. The molecule has 3 unspecified atom stereocenters. The van der Waals surface area contributed by atoms with Crippen LogP contribution >= 0.6 is 0 Å². The summed E-state index contributed by atoms with van der Waals surface area (Å²) in [7, 11) is 1.31. The van der Waals surface area contributed by atoms with E-state index in [9.17, 15) is 9.59 Å². The summed E-state index contributed by atoms with van der Waals surface area (Å²) in [5.74, 6) is -0.140. The number of likely N-dealkylation sites (tertiary alicyclic amines) is 1. The molecule has 1 saturated heterocycles. The van der Waals surface area contributed by atoms with Crippen molar-refractivity contribution in [3.05, 3.63) is 35.9 Å². The number of methoxy groups -OCH3 is 1. The van der Waals surface area contributed by atoms with E-state index in [1.807, 2.05) is 45.9 Å². The fourth-order valence-corrected chi connectivity index (χ4v) is 2.85. The Morgan fingerprint density at radius 3 is 2.33 bits per heavy atom. The number of carbonyl (C=O) groups is 3. The van der Waals surface area contributed by atoms with Crippen molar-refractivity contribution in [2.45, 2.75) is 52.2 Å². The topological polar surface area (TPSA) is 102 Å². The van der Waals surface area contributed by atoms with Gasteiger partial charge < -0.3 is 20.7 Å². The first-order valence-corrected chi connectivity index (χ1v) is 9.00. The van der Waals surface area contributed by atoms with Crippen molar-refractivity contribution >= 4 is 18.3 Å². The predicted molar refractivity (Wildman–Crippen MR) is 104 cm³/mol. The van der Waals surface area contributed by atoms with E-state index in [0.717, 1.165) is 6.42 Å². The number of hydrogen-bond acceptors (Lipinski definition) is 5. The average molecular weight is 377 g/mol. The van der Waals surface area contributed by atoms with Gasteiger partial charge in [-0.1, -0.05) is 39.0 Å². The molecule has 1 aromatic carbocycles. The fraction of sp³-hybridized carbons (Fsp3) is 0.550. The molecular weight excluding hydrogens is 346 g/mol. The molecule has 7 nitrogen and oxygen atoms in total. The van der Waals surface area contributed by atoms with Crippen molar-refractivity contribution in [3.63, 3.8) is 0 Å². The van der Waals surface area contributed by atoms with Gasteiger partial charge in [0.15, 0.2) is 0 Å². The zero-order valence-corrected chi connectivity index (χ0v) is 16.8. The molecule has 7 heteroatoms. The van der Waals surface area contributed by atoms with Crippen LogP contribution in [0.3, 0.4) is 0 Å². The van der Waals surface area contributed by atoms with Crippen LogP contribution < -0.4 is 11.1 Å². The van der Waals surface area contributed by atoms with E-state index in [2.05, 4.69) is 10.1 Å². The first-order chi connectivity index (χ1) is 12.6. The van der Waals surface area contributed by atoms with E-state index in [0.29, 0.717) is 18.6 Å². The molecule has 1 aliphatic rings. The van der Waals surface area contributed by atoms with E-state index in [1.165, 1.54) is 7.11 Å². The summed E-state index contributed by atoms with van der Waals surface area (Å²) >= 11 is 0. The second kappa shape index (κ2) is 10.1. The van der Waals surface area contributed by atoms with Crippen LogP contribution in [0.5, 0.6) is 0 Å². The fourth-order valence-electron chi connectivity index (χ4n) is 2.85. The third kappa shape index (κ3) is 6.67. The van der Waals surface area contributed by atoms with Gasteiger partial charge in [0, 0.05) is 24.2 Å². The summed E-state index contributed by atoms with van der Waals surface area (Å²) in [6.45, 7) is 8.78. The van der Waals surface area contributed by atoms with Crippen molar-refractivity contribution < 1.29 is 19.1 Å². The number of nitrogens with zero attached hydrogens (tertiary/aromatic N) is 1. The van der Waals surface area contributed by atoms with Gasteiger partial charge in [-0.2, -0.15) is 0 Å². The Balaban J connectivity index is 0.000000828. The summed E-state index contributed by atoms with van der Waals surface area (Å²) in [6, 6.07) is 8.63. The van der Waals surface area contributed by atoms with Crippen molar-refractivity contribution in [2.24, 2.45) is 11.1 Å². The number of nitrogens with two attached hydrogens (primary N) is 1. The maximum atomic E-state index is 12.6. The summed E-state index contributed by atoms with van der Waals surface area (Å²) in [5.41, 5.74) is 6.46. The molecule has 0 bridgehead atoms. The number of carbonyl (C=O) groups excluding carboxylic acids is 3. The van der Waals surface area contributed by atoms with Crippen LogP contribution in [0.2, 0.25) is 0 Å². The van der Waals surface area contributed by atoms with Gasteiger partial charge in [0.1, 0.15) is 0 Å². The number of hydrogen-bond donors (Lipinski definition) is 2. The molecule has 0 spiro atoms. The highest BCUT2D eigenvalue weighted by molar-refractivity contribution is 5.94. The molecular formula is C20H31N3O4. The molecule has 0 radical (unpaired) electrons. The monoisotopic (exact) mass is 377 g/mol. The maximum absolute atomic E-state index is 12.6. The van der Waals surface area contributed by atoms with Gasteiger partial charge in [-0.15, -0.1) is 0 Å². The molecule has 2 amide bonds. The number of ether oxygens (including phenoxy) is 1. The molecule has 1 aromatic rings. The van der Waals surface area contributed by atoms with E-state index < -0.39 is 6.04 Å². The van der Waals surface area contributed by atoms with Gasteiger partial charge in [-0.25, -0.2) is 0 Å². The third-order valence-corrected chi connectivity index (χ3v) is 4.52. The highest BCUT2D eigenvalue weighted by atomic mass is 16.5. The van der Waals surface area contributed by atoms with Crippen molar-refractivity contribution in [1.29, 1.82) is 0 Å². The number of nitrogens with one attached hydrogen (secondary N) is 1. The van der Waals surface area contributed by atoms with E-state index in [1.54, 1.807) is 17.0 Å². The van der Waals surface area contributed by atoms with Gasteiger partial charge in [0.2, 0.25) is 5.91 Å². The Labute approximate surface area is 161 Å².